The van der Waals surface area contributed by atoms with E-state index in [4.69, 9.17) is 13.9 Å². The van der Waals surface area contributed by atoms with Gasteiger partial charge in [-0.15, -0.1) is 0 Å². The van der Waals surface area contributed by atoms with Gasteiger partial charge < -0.3 is 24.5 Å². The highest BCUT2D eigenvalue weighted by molar-refractivity contribution is 6.12. The van der Waals surface area contributed by atoms with Gasteiger partial charge in [0.25, 0.3) is 11.8 Å². The Morgan fingerprint density at radius 2 is 1.64 bits per heavy atom. The van der Waals surface area contributed by atoms with Gasteiger partial charge in [0, 0.05) is 35.8 Å². The normalized spacial score (nSPS) is 13.4. The molecule has 2 amide bonds. The monoisotopic (exact) mass is 565 g/mol. The summed E-state index contributed by atoms with van der Waals surface area (Å²) in [6.45, 7) is 0. The van der Waals surface area contributed by atoms with Crippen LogP contribution in [0, 0.1) is 5.82 Å². The van der Waals surface area contributed by atoms with Crippen LogP contribution >= 0.6 is 0 Å². The van der Waals surface area contributed by atoms with Gasteiger partial charge in [0.1, 0.15) is 28.7 Å². The van der Waals surface area contributed by atoms with E-state index in [0.29, 0.717) is 56.0 Å². The Bertz CT molecular complexity index is 1810. The highest BCUT2D eigenvalue weighted by atomic mass is 19.1. The van der Waals surface area contributed by atoms with Gasteiger partial charge in [0.15, 0.2) is 0 Å². The van der Waals surface area contributed by atoms with Gasteiger partial charge in [0.2, 0.25) is 0 Å². The molecule has 8 nitrogen and oxygen atoms in total. The minimum Gasteiger partial charge on any atom is -0.496 e. The Morgan fingerprint density at radius 3 is 2.29 bits per heavy atom. The number of fused-ring (bicyclic) bond motifs is 1. The Labute approximate surface area is 241 Å². The molecule has 3 aromatic carbocycles. The first-order valence-electron chi connectivity index (χ1n) is 13.4. The Balaban J connectivity index is 1.45. The van der Waals surface area contributed by atoms with E-state index in [1.807, 2.05) is 30.3 Å². The number of carbonyl (C=O) groups is 2. The predicted octanol–water partition coefficient (Wildman–Crippen LogP) is 6.10. The Hall–Kier alpha value is -5.18. The Kier molecular flexibility index (Phi) is 6.86. The standard InChI is InChI=1S/C33H28FN3O5/c1-35-32(39)29-23-16-20(9-12-25(23)42-30(29)19-7-10-21(34)11-8-19)22-17-24(27(41-3)18-26(22)40-2)31(38)37-33(13-14-33)28-6-4-5-15-36-28/h4-12,15-18H,13-14H2,1-3H3,(H,35,39)(H,37,38). The molecule has 2 aromatic heterocycles. The van der Waals surface area contributed by atoms with E-state index < -0.39 is 11.4 Å². The van der Waals surface area contributed by atoms with Crippen LogP contribution in [0.1, 0.15) is 39.3 Å². The first-order chi connectivity index (χ1) is 20.4. The summed E-state index contributed by atoms with van der Waals surface area (Å²) in [5.41, 5.74) is 3.31. The third kappa shape index (κ3) is 4.72. The van der Waals surface area contributed by atoms with Crippen LogP contribution in [0.2, 0.25) is 0 Å². The molecule has 42 heavy (non-hydrogen) atoms. The van der Waals surface area contributed by atoms with E-state index >= 15 is 0 Å². The van der Waals surface area contributed by atoms with Crippen molar-refractivity contribution in [2.75, 3.05) is 21.3 Å². The number of hydrogen-bond acceptors (Lipinski definition) is 6. The second-order valence-electron chi connectivity index (χ2n) is 10.1. The van der Waals surface area contributed by atoms with Crippen LogP contribution in [0.3, 0.4) is 0 Å². The zero-order chi connectivity index (χ0) is 29.4. The molecular formula is C33H28FN3O5. The number of pyridine rings is 1. The maximum absolute atomic E-state index is 13.7. The summed E-state index contributed by atoms with van der Waals surface area (Å²) >= 11 is 0. The zero-order valence-electron chi connectivity index (χ0n) is 23.3. The van der Waals surface area contributed by atoms with Crippen molar-refractivity contribution in [3.63, 3.8) is 0 Å². The van der Waals surface area contributed by atoms with Crippen LogP contribution in [-0.4, -0.2) is 38.1 Å². The summed E-state index contributed by atoms with van der Waals surface area (Å²) < 4.78 is 31.0. The first-order valence-corrected chi connectivity index (χ1v) is 13.4. The van der Waals surface area contributed by atoms with Gasteiger partial charge in [-0.05, 0) is 73.0 Å². The number of halogens is 1. The van der Waals surface area contributed by atoms with E-state index in [1.165, 1.54) is 33.4 Å². The van der Waals surface area contributed by atoms with Gasteiger partial charge >= 0.3 is 0 Å². The van der Waals surface area contributed by atoms with Crippen molar-refractivity contribution in [2.24, 2.45) is 0 Å². The fraction of sp³-hybridized carbons (Fsp3) is 0.182. The minimum atomic E-state index is -0.516. The molecule has 0 radical (unpaired) electrons. The van der Waals surface area contributed by atoms with Gasteiger partial charge in [0.05, 0.1) is 36.6 Å². The van der Waals surface area contributed by atoms with E-state index in [1.54, 1.807) is 36.5 Å². The smallest absolute Gasteiger partial charge is 0.255 e. The van der Waals surface area contributed by atoms with Crippen molar-refractivity contribution in [1.29, 1.82) is 0 Å². The molecule has 1 fully saturated rings. The lowest BCUT2D eigenvalue weighted by molar-refractivity contribution is 0.0925. The highest BCUT2D eigenvalue weighted by Gasteiger charge is 2.47. The van der Waals surface area contributed by atoms with Crippen molar-refractivity contribution in [2.45, 2.75) is 18.4 Å². The second-order valence-corrected chi connectivity index (χ2v) is 10.1. The number of aromatic nitrogens is 1. The lowest BCUT2D eigenvalue weighted by atomic mass is 9.97. The molecular weight excluding hydrogens is 537 g/mol. The minimum absolute atomic E-state index is 0.298. The second kappa shape index (κ2) is 10.7. The molecule has 212 valence electrons. The largest absolute Gasteiger partial charge is 0.496 e. The molecule has 1 aliphatic rings. The summed E-state index contributed by atoms with van der Waals surface area (Å²) in [7, 11) is 4.58. The molecule has 0 aliphatic heterocycles. The third-order valence-corrected chi connectivity index (χ3v) is 7.58. The van der Waals surface area contributed by atoms with E-state index in [0.717, 1.165) is 18.5 Å². The average molecular weight is 566 g/mol. The van der Waals surface area contributed by atoms with Crippen LogP contribution in [0.25, 0.3) is 33.4 Å². The number of furan rings is 1. The molecule has 6 rings (SSSR count). The number of hydrogen-bond donors (Lipinski definition) is 2. The number of amides is 2. The first kappa shape index (κ1) is 27.0. The average Bonchev–Trinajstić information content (AvgIpc) is 3.71. The molecule has 0 atom stereocenters. The molecule has 1 aliphatic carbocycles. The number of nitrogens with zero attached hydrogens (tertiary/aromatic N) is 1. The zero-order valence-corrected chi connectivity index (χ0v) is 23.3. The lowest BCUT2D eigenvalue weighted by Gasteiger charge is -2.19. The van der Waals surface area contributed by atoms with Gasteiger partial charge in [-0.3, -0.25) is 14.6 Å². The Morgan fingerprint density at radius 1 is 0.905 bits per heavy atom. The number of rotatable bonds is 8. The molecule has 2 heterocycles. The summed E-state index contributed by atoms with van der Waals surface area (Å²) in [5.74, 6) is 0.130. The molecule has 0 bridgehead atoms. The van der Waals surface area contributed by atoms with Gasteiger partial charge in [-0.2, -0.15) is 0 Å². The predicted molar refractivity (Wildman–Crippen MR) is 156 cm³/mol. The van der Waals surface area contributed by atoms with Crippen LogP contribution in [0.15, 0.2) is 83.4 Å². The van der Waals surface area contributed by atoms with E-state index in [2.05, 4.69) is 15.6 Å². The summed E-state index contributed by atoms with van der Waals surface area (Å²) in [4.78, 5) is 31.2. The van der Waals surface area contributed by atoms with E-state index in [9.17, 15) is 14.0 Å². The topological polar surface area (TPSA) is 103 Å². The van der Waals surface area contributed by atoms with Crippen molar-refractivity contribution < 1.29 is 27.9 Å². The quantitative estimate of drug-likeness (QED) is 0.236. The van der Waals surface area contributed by atoms with Crippen LogP contribution in [-0.2, 0) is 5.54 Å². The third-order valence-electron chi connectivity index (χ3n) is 7.58. The summed E-state index contributed by atoms with van der Waals surface area (Å²) in [6, 6.07) is 20.2. The SMILES string of the molecule is CNC(=O)c1c(-c2ccc(F)cc2)oc2ccc(-c3cc(C(=O)NC4(c5ccccn5)CC4)c(OC)cc3OC)cc12. The van der Waals surface area contributed by atoms with Gasteiger partial charge in [-0.25, -0.2) is 4.39 Å². The molecule has 9 heteroatoms. The van der Waals surface area contributed by atoms with Crippen LogP contribution in [0.5, 0.6) is 11.5 Å². The van der Waals surface area contributed by atoms with Gasteiger partial charge in [-0.1, -0.05) is 12.1 Å². The molecule has 0 saturated heterocycles. The van der Waals surface area contributed by atoms with Crippen molar-refractivity contribution in [1.82, 2.24) is 15.6 Å². The fourth-order valence-electron chi connectivity index (χ4n) is 5.22. The number of ether oxygens (including phenoxy) is 2. The molecule has 0 spiro atoms. The molecule has 0 unspecified atom stereocenters. The van der Waals surface area contributed by atoms with Crippen LogP contribution in [0.4, 0.5) is 4.39 Å². The molecule has 1 saturated carbocycles. The summed E-state index contributed by atoms with van der Waals surface area (Å²) in [6.07, 6.45) is 3.29. The molecule has 5 aromatic rings. The number of carbonyl (C=O) groups excluding carboxylic acids is 2. The highest BCUT2D eigenvalue weighted by Crippen LogP contribution is 2.46. The van der Waals surface area contributed by atoms with Crippen molar-refractivity contribution >= 4 is 22.8 Å². The lowest BCUT2D eigenvalue weighted by Crippen LogP contribution is -2.35. The maximum Gasteiger partial charge on any atom is 0.255 e. The van der Waals surface area contributed by atoms with Crippen molar-refractivity contribution in [3.05, 3.63) is 102 Å². The number of methoxy groups -OCH3 is 2. The van der Waals surface area contributed by atoms with Crippen molar-refractivity contribution in [3.8, 4) is 33.9 Å². The summed E-state index contributed by atoms with van der Waals surface area (Å²) in [5, 5.41) is 6.39. The number of nitrogens with one attached hydrogen (secondary N) is 2. The fourth-order valence-corrected chi connectivity index (χ4v) is 5.22. The van der Waals surface area contributed by atoms with Crippen LogP contribution < -0.4 is 20.1 Å². The number of benzene rings is 3. The maximum atomic E-state index is 13.7. The molecule has 2 N–H and O–H groups in total. The van der Waals surface area contributed by atoms with E-state index in [-0.39, 0.29) is 11.8 Å².